The van der Waals surface area contributed by atoms with Gasteiger partial charge >= 0.3 is 0 Å². The van der Waals surface area contributed by atoms with E-state index in [1.165, 1.54) is 0 Å². The molecule has 0 spiro atoms. The molecular weight excluding hydrogens is 248 g/mol. The van der Waals surface area contributed by atoms with Crippen LogP contribution in [0.15, 0.2) is 12.1 Å². The topological polar surface area (TPSA) is 47.3 Å². The Kier molecular flexibility index (Phi) is 4.49. The Balaban J connectivity index is 2.30. The molecule has 3 N–H and O–H groups in total. The number of hydrogen-bond donors (Lipinski definition) is 2. The van der Waals surface area contributed by atoms with Crippen LogP contribution in [0, 0.1) is 12.8 Å². The summed E-state index contributed by atoms with van der Waals surface area (Å²) >= 11 is 6.14. The summed E-state index contributed by atoms with van der Waals surface area (Å²) in [4.78, 5) is 0. The van der Waals surface area contributed by atoms with E-state index in [4.69, 9.17) is 22.1 Å². The third-order valence-corrected chi connectivity index (χ3v) is 3.94. The van der Waals surface area contributed by atoms with Gasteiger partial charge in [-0.3, -0.25) is 0 Å². The standard InChI is InChI=1S/C14H21ClN2O/c1-9-7-11(15)8-12(14(9)18-2)13(16)10-3-5-17-6-4-10/h7-8,10,13,17H,3-6,16H2,1-2H3. The summed E-state index contributed by atoms with van der Waals surface area (Å²) in [6.45, 7) is 4.09. The second-order valence-corrected chi connectivity index (χ2v) is 5.39. The van der Waals surface area contributed by atoms with E-state index in [9.17, 15) is 0 Å². The lowest BCUT2D eigenvalue weighted by molar-refractivity contribution is 0.313. The molecule has 100 valence electrons. The highest BCUT2D eigenvalue weighted by molar-refractivity contribution is 6.30. The first-order valence-electron chi connectivity index (χ1n) is 6.44. The largest absolute Gasteiger partial charge is 0.496 e. The summed E-state index contributed by atoms with van der Waals surface area (Å²) in [7, 11) is 1.69. The lowest BCUT2D eigenvalue weighted by Gasteiger charge is -2.29. The lowest BCUT2D eigenvalue weighted by Crippen LogP contribution is -2.34. The molecule has 0 saturated carbocycles. The zero-order chi connectivity index (χ0) is 13.1. The van der Waals surface area contributed by atoms with E-state index >= 15 is 0 Å². The summed E-state index contributed by atoms with van der Waals surface area (Å²) in [6, 6.07) is 3.86. The molecule has 4 heteroatoms. The first-order chi connectivity index (χ1) is 8.63. The highest BCUT2D eigenvalue weighted by atomic mass is 35.5. The maximum absolute atomic E-state index is 6.42. The van der Waals surface area contributed by atoms with Crippen molar-refractivity contribution in [3.8, 4) is 5.75 Å². The fraction of sp³-hybridized carbons (Fsp3) is 0.571. The van der Waals surface area contributed by atoms with Gasteiger partial charge in [0.1, 0.15) is 5.75 Å². The van der Waals surface area contributed by atoms with Gasteiger partial charge in [-0.15, -0.1) is 0 Å². The first-order valence-corrected chi connectivity index (χ1v) is 6.81. The number of piperidine rings is 1. The Hall–Kier alpha value is -0.770. The van der Waals surface area contributed by atoms with Gasteiger partial charge in [-0.05, 0) is 56.5 Å². The van der Waals surface area contributed by atoms with E-state index < -0.39 is 0 Å². The fourth-order valence-corrected chi connectivity index (χ4v) is 3.02. The molecule has 1 aliphatic rings. The SMILES string of the molecule is COc1c(C)cc(Cl)cc1C(N)C1CCNCC1. The molecule has 0 radical (unpaired) electrons. The van der Waals surface area contributed by atoms with E-state index in [0.717, 1.165) is 47.8 Å². The van der Waals surface area contributed by atoms with Gasteiger partial charge < -0.3 is 15.8 Å². The van der Waals surface area contributed by atoms with Crippen molar-refractivity contribution >= 4 is 11.6 Å². The molecule has 1 aliphatic heterocycles. The van der Waals surface area contributed by atoms with Crippen molar-refractivity contribution in [3.63, 3.8) is 0 Å². The molecule has 0 aliphatic carbocycles. The van der Waals surface area contributed by atoms with Crippen LogP contribution < -0.4 is 15.8 Å². The maximum Gasteiger partial charge on any atom is 0.126 e. The molecule has 0 bridgehead atoms. The minimum Gasteiger partial charge on any atom is -0.496 e. The van der Waals surface area contributed by atoms with Crippen LogP contribution in [0.1, 0.15) is 30.0 Å². The van der Waals surface area contributed by atoms with Crippen LogP contribution in [0.3, 0.4) is 0 Å². The van der Waals surface area contributed by atoms with Crippen LogP contribution in [0.4, 0.5) is 0 Å². The predicted molar refractivity (Wildman–Crippen MR) is 75.3 cm³/mol. The van der Waals surface area contributed by atoms with Crippen LogP contribution in [-0.4, -0.2) is 20.2 Å². The van der Waals surface area contributed by atoms with Crippen molar-refractivity contribution in [3.05, 3.63) is 28.3 Å². The Morgan fingerprint density at radius 2 is 2.06 bits per heavy atom. The second kappa shape index (κ2) is 5.91. The third-order valence-electron chi connectivity index (χ3n) is 3.72. The van der Waals surface area contributed by atoms with Gasteiger partial charge in [0, 0.05) is 16.6 Å². The summed E-state index contributed by atoms with van der Waals surface area (Å²) < 4.78 is 5.49. The number of nitrogens with two attached hydrogens (primary N) is 1. The Morgan fingerprint density at radius 3 is 2.67 bits per heavy atom. The zero-order valence-corrected chi connectivity index (χ0v) is 11.8. The van der Waals surface area contributed by atoms with Gasteiger partial charge in [0.2, 0.25) is 0 Å². The van der Waals surface area contributed by atoms with Crippen molar-refractivity contribution in [1.82, 2.24) is 5.32 Å². The van der Waals surface area contributed by atoms with Gasteiger partial charge in [-0.25, -0.2) is 0 Å². The summed E-state index contributed by atoms with van der Waals surface area (Å²) in [5.41, 5.74) is 8.50. The number of benzene rings is 1. The van der Waals surface area contributed by atoms with Gasteiger partial charge in [0.05, 0.1) is 7.11 Å². The van der Waals surface area contributed by atoms with E-state index in [1.807, 2.05) is 19.1 Å². The highest BCUT2D eigenvalue weighted by Crippen LogP contribution is 2.36. The molecule has 1 heterocycles. The minimum atomic E-state index is -0.000509. The van der Waals surface area contributed by atoms with E-state index in [2.05, 4.69) is 5.32 Å². The van der Waals surface area contributed by atoms with Crippen molar-refractivity contribution in [2.24, 2.45) is 11.7 Å². The molecule has 0 aromatic heterocycles. The number of ether oxygens (including phenoxy) is 1. The molecule has 1 fully saturated rings. The van der Waals surface area contributed by atoms with Crippen LogP contribution in [-0.2, 0) is 0 Å². The number of methoxy groups -OCH3 is 1. The second-order valence-electron chi connectivity index (χ2n) is 4.96. The zero-order valence-electron chi connectivity index (χ0n) is 11.0. The molecule has 1 saturated heterocycles. The van der Waals surface area contributed by atoms with Crippen LogP contribution >= 0.6 is 11.6 Å². The van der Waals surface area contributed by atoms with Crippen molar-refractivity contribution < 1.29 is 4.74 Å². The van der Waals surface area contributed by atoms with Gasteiger partial charge in [-0.1, -0.05) is 11.6 Å². The smallest absolute Gasteiger partial charge is 0.126 e. The summed E-state index contributed by atoms with van der Waals surface area (Å²) in [5, 5.41) is 4.09. The summed E-state index contributed by atoms with van der Waals surface area (Å²) in [6.07, 6.45) is 2.21. The monoisotopic (exact) mass is 268 g/mol. The number of halogens is 1. The van der Waals surface area contributed by atoms with Gasteiger partial charge in [0.15, 0.2) is 0 Å². The molecule has 18 heavy (non-hydrogen) atoms. The molecule has 1 aromatic carbocycles. The third kappa shape index (κ3) is 2.79. The van der Waals surface area contributed by atoms with Crippen molar-refractivity contribution in [1.29, 1.82) is 0 Å². The number of nitrogens with one attached hydrogen (secondary N) is 1. The molecular formula is C14H21ClN2O. The first kappa shape index (κ1) is 13.7. The molecule has 1 atom stereocenters. The quantitative estimate of drug-likeness (QED) is 0.886. The van der Waals surface area contributed by atoms with E-state index in [0.29, 0.717) is 5.92 Å². The van der Waals surface area contributed by atoms with Crippen molar-refractivity contribution in [2.75, 3.05) is 20.2 Å². The van der Waals surface area contributed by atoms with Gasteiger partial charge in [-0.2, -0.15) is 0 Å². The Morgan fingerprint density at radius 1 is 1.39 bits per heavy atom. The van der Waals surface area contributed by atoms with E-state index in [1.54, 1.807) is 7.11 Å². The Bertz CT molecular complexity index is 417. The molecule has 0 amide bonds. The fourth-order valence-electron chi connectivity index (χ4n) is 2.74. The Labute approximate surface area is 114 Å². The molecule has 2 rings (SSSR count). The number of hydrogen-bond acceptors (Lipinski definition) is 3. The van der Waals surface area contributed by atoms with E-state index in [-0.39, 0.29) is 6.04 Å². The highest BCUT2D eigenvalue weighted by Gasteiger charge is 2.25. The average Bonchev–Trinajstić information content (AvgIpc) is 2.38. The molecule has 1 unspecified atom stereocenters. The predicted octanol–water partition coefficient (Wildman–Crippen LogP) is 2.66. The number of aryl methyl sites for hydroxylation is 1. The minimum absolute atomic E-state index is 0.000509. The van der Waals surface area contributed by atoms with Crippen LogP contribution in [0.2, 0.25) is 5.02 Å². The average molecular weight is 269 g/mol. The molecule has 3 nitrogen and oxygen atoms in total. The van der Waals surface area contributed by atoms with Gasteiger partial charge in [0.25, 0.3) is 0 Å². The lowest BCUT2D eigenvalue weighted by atomic mass is 9.85. The summed E-state index contributed by atoms with van der Waals surface area (Å²) in [5.74, 6) is 1.38. The van der Waals surface area contributed by atoms with Crippen molar-refractivity contribution in [2.45, 2.75) is 25.8 Å². The van der Waals surface area contributed by atoms with Crippen LogP contribution in [0.5, 0.6) is 5.75 Å². The maximum atomic E-state index is 6.42. The number of rotatable bonds is 3. The molecule has 1 aromatic rings. The normalized spacial score (nSPS) is 18.7. The van der Waals surface area contributed by atoms with Crippen LogP contribution in [0.25, 0.3) is 0 Å².